The Morgan fingerprint density at radius 2 is 0.964 bits per heavy atom. The molecule has 0 aliphatic carbocycles. The van der Waals surface area contributed by atoms with Crippen LogP contribution in [0, 0.1) is 0 Å². The molecule has 3 heterocycles. The van der Waals surface area contributed by atoms with Gasteiger partial charge in [0.15, 0.2) is 0 Å². The van der Waals surface area contributed by atoms with Gasteiger partial charge < -0.3 is 9.13 Å². The van der Waals surface area contributed by atoms with E-state index in [2.05, 4.69) is 203 Å². The topological polar surface area (TPSA) is 9.86 Å². The number of aromatic nitrogens is 2. The number of rotatable bonds is 4. The highest BCUT2D eigenvalue weighted by Gasteiger charge is 2.23. The van der Waals surface area contributed by atoms with Crippen LogP contribution < -0.4 is 0 Å². The molecule has 0 fully saturated rings. The normalized spacial score (nSPS) is 12.0. The van der Waals surface area contributed by atoms with Crippen molar-refractivity contribution in [2.45, 2.75) is 0 Å². The molecule has 0 saturated heterocycles. The third-order valence-electron chi connectivity index (χ3n) is 11.5. The quantitative estimate of drug-likeness (QED) is 0.172. The van der Waals surface area contributed by atoms with Gasteiger partial charge in [-0.2, -0.15) is 0 Å². The van der Waals surface area contributed by atoms with Crippen molar-refractivity contribution in [1.82, 2.24) is 9.13 Å². The maximum atomic E-state index is 2.51. The maximum absolute atomic E-state index is 2.51. The molecule has 12 rings (SSSR count). The molecule has 0 aliphatic rings. The van der Waals surface area contributed by atoms with Crippen molar-refractivity contribution in [2.24, 2.45) is 0 Å². The minimum Gasteiger partial charge on any atom is -0.309 e. The SMILES string of the molecule is c1ccc(-c2ccc(-n3c4ccccc4c4c(-c5ccc6c(c5)c5ccccc5n6-c5cccc6ccccc56)cc5sc6ccccc6c5c43)cc2)cc1. The van der Waals surface area contributed by atoms with Crippen molar-refractivity contribution >= 4 is 85.9 Å². The smallest absolute Gasteiger partial charge is 0.0640 e. The molecule has 0 spiro atoms. The molecule has 3 aromatic heterocycles. The molecule has 0 amide bonds. The highest BCUT2D eigenvalue weighted by atomic mass is 32.1. The molecule has 9 aromatic carbocycles. The van der Waals surface area contributed by atoms with E-state index in [9.17, 15) is 0 Å². The Balaban J connectivity index is 1.17. The Labute approximate surface area is 321 Å². The lowest BCUT2D eigenvalue weighted by atomic mass is 9.96. The van der Waals surface area contributed by atoms with Crippen molar-refractivity contribution in [3.8, 4) is 33.6 Å². The standard InChI is InChI=1S/C52H32N2S/c1-2-13-33(14-3-1)34-25-28-37(29-26-34)53-46-22-10-7-19-40(46)50-42(32-49-51(52(50)53)41-20-8-11-24-48(41)55-49)36-27-30-47-43(31-36)39-18-6-9-21-45(39)54(47)44-23-12-16-35-15-4-5-17-38(35)44/h1-32H. The van der Waals surface area contributed by atoms with Crippen LogP contribution in [0.25, 0.3) is 108 Å². The zero-order valence-electron chi connectivity index (χ0n) is 29.8. The minimum atomic E-state index is 1.16. The maximum Gasteiger partial charge on any atom is 0.0640 e. The minimum absolute atomic E-state index is 1.16. The molecule has 0 bridgehead atoms. The Bertz CT molecular complexity index is 3470. The van der Waals surface area contributed by atoms with E-state index < -0.39 is 0 Å². The molecule has 12 aromatic rings. The first-order valence-corrected chi connectivity index (χ1v) is 19.7. The molecule has 0 saturated carbocycles. The number of para-hydroxylation sites is 2. The van der Waals surface area contributed by atoms with Gasteiger partial charge in [0.1, 0.15) is 0 Å². The first-order chi connectivity index (χ1) is 27.3. The summed E-state index contributed by atoms with van der Waals surface area (Å²) in [7, 11) is 0. The number of benzene rings is 9. The third kappa shape index (κ3) is 4.48. The van der Waals surface area contributed by atoms with Gasteiger partial charge >= 0.3 is 0 Å². The third-order valence-corrected chi connectivity index (χ3v) is 12.6. The van der Waals surface area contributed by atoms with E-state index >= 15 is 0 Å². The van der Waals surface area contributed by atoms with Crippen LogP contribution in [-0.4, -0.2) is 9.13 Å². The van der Waals surface area contributed by atoms with Crippen molar-refractivity contribution in [3.05, 3.63) is 194 Å². The van der Waals surface area contributed by atoms with Crippen LogP contribution in [0.1, 0.15) is 0 Å². The zero-order chi connectivity index (χ0) is 36.0. The number of nitrogens with zero attached hydrogens (tertiary/aromatic N) is 2. The predicted molar refractivity (Wildman–Crippen MR) is 236 cm³/mol. The molecule has 55 heavy (non-hydrogen) atoms. The first kappa shape index (κ1) is 30.5. The number of hydrogen-bond acceptors (Lipinski definition) is 1. The molecular formula is C52H32N2S. The van der Waals surface area contributed by atoms with Crippen LogP contribution >= 0.6 is 11.3 Å². The second-order valence-electron chi connectivity index (χ2n) is 14.5. The van der Waals surface area contributed by atoms with Gasteiger partial charge in [-0.3, -0.25) is 0 Å². The van der Waals surface area contributed by atoms with E-state index in [1.165, 1.54) is 102 Å². The molecule has 0 unspecified atom stereocenters. The fourth-order valence-electron chi connectivity index (χ4n) is 9.10. The van der Waals surface area contributed by atoms with E-state index in [1.54, 1.807) is 0 Å². The molecule has 0 atom stereocenters. The average Bonchev–Trinajstić information content (AvgIpc) is 3.91. The average molecular weight is 717 g/mol. The van der Waals surface area contributed by atoms with Crippen LogP contribution in [0.15, 0.2) is 194 Å². The predicted octanol–water partition coefficient (Wildman–Crippen LogP) is 14.7. The lowest BCUT2D eigenvalue weighted by molar-refractivity contribution is 1.19. The summed E-state index contributed by atoms with van der Waals surface area (Å²) in [5.41, 5.74) is 12.2. The molecule has 0 aliphatic heterocycles. The van der Waals surface area contributed by atoms with Gasteiger partial charge in [0.2, 0.25) is 0 Å². The monoisotopic (exact) mass is 716 g/mol. The fourth-order valence-corrected chi connectivity index (χ4v) is 10.2. The lowest BCUT2D eigenvalue weighted by Gasteiger charge is -2.13. The molecule has 0 N–H and O–H groups in total. The van der Waals surface area contributed by atoms with Gasteiger partial charge in [-0.1, -0.05) is 140 Å². The molecule has 0 radical (unpaired) electrons. The summed E-state index contributed by atoms with van der Waals surface area (Å²) in [5.74, 6) is 0. The summed E-state index contributed by atoms with van der Waals surface area (Å²) < 4.78 is 7.56. The van der Waals surface area contributed by atoms with Gasteiger partial charge in [-0.05, 0) is 82.2 Å². The summed E-state index contributed by atoms with van der Waals surface area (Å²) in [5, 5.41) is 10.2. The van der Waals surface area contributed by atoms with Crippen molar-refractivity contribution in [1.29, 1.82) is 0 Å². The van der Waals surface area contributed by atoms with Crippen LogP contribution in [-0.2, 0) is 0 Å². The van der Waals surface area contributed by atoms with Gasteiger partial charge in [-0.15, -0.1) is 11.3 Å². The van der Waals surface area contributed by atoms with E-state index in [-0.39, 0.29) is 0 Å². The number of thiophene rings is 1. The summed E-state index contributed by atoms with van der Waals surface area (Å²) in [6, 6.07) is 71.4. The summed E-state index contributed by atoms with van der Waals surface area (Å²) >= 11 is 1.89. The van der Waals surface area contributed by atoms with Crippen LogP contribution in [0.2, 0.25) is 0 Å². The van der Waals surface area contributed by atoms with Crippen LogP contribution in [0.4, 0.5) is 0 Å². The van der Waals surface area contributed by atoms with Gasteiger partial charge in [0, 0.05) is 52.8 Å². The number of fused-ring (bicyclic) bond motifs is 11. The van der Waals surface area contributed by atoms with Crippen LogP contribution in [0.3, 0.4) is 0 Å². The fraction of sp³-hybridized carbons (Fsp3) is 0. The number of hydrogen-bond donors (Lipinski definition) is 0. The summed E-state index contributed by atoms with van der Waals surface area (Å²) in [6.07, 6.45) is 0. The van der Waals surface area contributed by atoms with Crippen molar-refractivity contribution in [2.75, 3.05) is 0 Å². The molecule has 3 heteroatoms. The molecule has 2 nitrogen and oxygen atoms in total. The Morgan fingerprint density at radius 1 is 0.345 bits per heavy atom. The second-order valence-corrected chi connectivity index (χ2v) is 15.6. The zero-order valence-corrected chi connectivity index (χ0v) is 30.6. The van der Waals surface area contributed by atoms with Gasteiger partial charge in [-0.25, -0.2) is 0 Å². The van der Waals surface area contributed by atoms with E-state index in [0.717, 1.165) is 5.69 Å². The first-order valence-electron chi connectivity index (χ1n) is 18.9. The van der Waals surface area contributed by atoms with Crippen LogP contribution in [0.5, 0.6) is 0 Å². The largest absolute Gasteiger partial charge is 0.309 e. The van der Waals surface area contributed by atoms with Crippen molar-refractivity contribution in [3.63, 3.8) is 0 Å². The van der Waals surface area contributed by atoms with E-state index in [1.807, 2.05) is 11.3 Å². The Morgan fingerprint density at radius 3 is 1.80 bits per heavy atom. The van der Waals surface area contributed by atoms with Gasteiger partial charge in [0.25, 0.3) is 0 Å². The summed E-state index contributed by atoms with van der Waals surface area (Å²) in [6.45, 7) is 0. The Kier molecular flexibility index (Phi) is 6.54. The van der Waals surface area contributed by atoms with Crippen molar-refractivity contribution < 1.29 is 0 Å². The second kappa shape index (κ2) is 11.8. The molecule has 256 valence electrons. The highest BCUT2D eigenvalue weighted by molar-refractivity contribution is 7.26. The summed E-state index contributed by atoms with van der Waals surface area (Å²) in [4.78, 5) is 0. The van der Waals surface area contributed by atoms with Gasteiger partial charge in [0.05, 0.1) is 27.8 Å². The molecular weight excluding hydrogens is 685 g/mol. The highest BCUT2D eigenvalue weighted by Crippen LogP contribution is 2.48. The lowest BCUT2D eigenvalue weighted by Crippen LogP contribution is -1.95. The Hall–Kier alpha value is -6.94. The van der Waals surface area contributed by atoms with E-state index in [4.69, 9.17) is 0 Å². The van der Waals surface area contributed by atoms with E-state index in [0.29, 0.717) is 0 Å².